The molecule has 0 fully saturated rings. The Kier molecular flexibility index (Phi) is 4.95. The number of aliphatic carboxylic acids is 1. The number of benzene rings is 2. The molecule has 2 atom stereocenters. The van der Waals surface area contributed by atoms with Crippen LogP contribution in [0.3, 0.4) is 0 Å². The Bertz CT molecular complexity index is 695. The zero-order chi connectivity index (χ0) is 16.1. The highest BCUT2D eigenvalue weighted by molar-refractivity contribution is 5.83. The topological polar surface area (TPSA) is 128 Å². The fourth-order valence-corrected chi connectivity index (χ4v) is 2.50. The van der Waals surface area contributed by atoms with E-state index in [2.05, 4.69) is 4.99 Å². The number of rotatable bonds is 6. The molecule has 1 unspecified atom stereocenters. The van der Waals surface area contributed by atoms with Gasteiger partial charge in [-0.2, -0.15) is 0 Å². The van der Waals surface area contributed by atoms with E-state index in [1.54, 1.807) is 0 Å². The van der Waals surface area contributed by atoms with Gasteiger partial charge in [-0.25, -0.2) is 0 Å². The quantitative estimate of drug-likeness (QED) is 0.467. The molecule has 0 radical (unpaired) electrons. The molecule has 0 amide bonds. The molecule has 0 saturated carbocycles. The number of nitrogens with zero attached hydrogens (tertiary/aromatic N) is 1. The van der Waals surface area contributed by atoms with Gasteiger partial charge in [0.05, 0.1) is 0 Å². The van der Waals surface area contributed by atoms with Crippen molar-refractivity contribution in [2.75, 3.05) is 6.54 Å². The molecule has 0 aliphatic carbocycles. The normalized spacial score (nSPS) is 13.5. The Morgan fingerprint density at radius 1 is 1.14 bits per heavy atom. The third kappa shape index (κ3) is 3.73. The smallest absolute Gasteiger partial charge is 0.321 e. The average Bonchev–Trinajstić information content (AvgIpc) is 2.50. The monoisotopic (exact) mass is 300 g/mol. The van der Waals surface area contributed by atoms with Crippen LogP contribution in [-0.2, 0) is 4.79 Å². The molecular weight excluding hydrogens is 280 g/mol. The largest absolute Gasteiger partial charge is 0.480 e. The highest BCUT2D eigenvalue weighted by Gasteiger charge is 2.25. The second-order valence-corrected chi connectivity index (χ2v) is 5.17. The molecule has 7 N–H and O–H groups in total. The predicted octanol–water partition coefficient (Wildman–Crippen LogP) is 0.999. The summed E-state index contributed by atoms with van der Waals surface area (Å²) in [6, 6.07) is 12.7. The molecule has 0 aliphatic heterocycles. The summed E-state index contributed by atoms with van der Waals surface area (Å²) < 4.78 is 0. The first-order valence-electron chi connectivity index (χ1n) is 7.01. The molecule has 0 aliphatic rings. The number of carboxylic acid groups (broad SMARTS) is 1. The molecule has 6 heteroatoms. The van der Waals surface area contributed by atoms with Crippen LogP contribution in [0.5, 0.6) is 0 Å². The van der Waals surface area contributed by atoms with Crippen LogP contribution in [0.25, 0.3) is 10.8 Å². The van der Waals surface area contributed by atoms with Gasteiger partial charge in [0.2, 0.25) is 0 Å². The van der Waals surface area contributed by atoms with E-state index in [0.29, 0.717) is 13.0 Å². The fraction of sp³-hybridized carbons (Fsp3) is 0.250. The number of nitrogens with two attached hydrogens (primary N) is 3. The summed E-state index contributed by atoms with van der Waals surface area (Å²) in [5.41, 5.74) is 17.3. The zero-order valence-corrected chi connectivity index (χ0v) is 12.1. The van der Waals surface area contributed by atoms with Crippen molar-refractivity contribution in [3.8, 4) is 0 Å². The molecule has 0 bridgehead atoms. The van der Waals surface area contributed by atoms with Crippen molar-refractivity contribution in [2.24, 2.45) is 22.2 Å². The maximum atomic E-state index is 11.3. The number of hydrogen-bond acceptors (Lipinski definition) is 3. The van der Waals surface area contributed by atoms with E-state index in [-0.39, 0.29) is 11.9 Å². The van der Waals surface area contributed by atoms with Gasteiger partial charge in [-0.05, 0) is 22.8 Å². The first-order chi connectivity index (χ1) is 10.5. The number of aliphatic imine (C=N–C) groups is 1. The summed E-state index contributed by atoms with van der Waals surface area (Å²) in [4.78, 5) is 15.2. The van der Waals surface area contributed by atoms with Crippen LogP contribution in [0.2, 0.25) is 0 Å². The van der Waals surface area contributed by atoms with Crippen LogP contribution in [-0.4, -0.2) is 29.6 Å². The Balaban J connectivity index is 2.32. The van der Waals surface area contributed by atoms with Gasteiger partial charge in [0.15, 0.2) is 5.96 Å². The highest BCUT2D eigenvalue weighted by Crippen LogP contribution is 2.26. The van der Waals surface area contributed by atoms with E-state index >= 15 is 0 Å². The molecule has 2 aromatic carbocycles. The van der Waals surface area contributed by atoms with Crippen LogP contribution >= 0.6 is 0 Å². The van der Waals surface area contributed by atoms with Crippen LogP contribution < -0.4 is 17.2 Å². The summed E-state index contributed by atoms with van der Waals surface area (Å²) in [7, 11) is 0. The second kappa shape index (κ2) is 6.91. The maximum Gasteiger partial charge on any atom is 0.321 e. The second-order valence-electron chi connectivity index (χ2n) is 5.17. The molecule has 22 heavy (non-hydrogen) atoms. The minimum Gasteiger partial charge on any atom is -0.480 e. The van der Waals surface area contributed by atoms with E-state index in [9.17, 15) is 9.90 Å². The summed E-state index contributed by atoms with van der Waals surface area (Å²) in [6.45, 7) is 0.334. The van der Waals surface area contributed by atoms with E-state index in [1.807, 2.05) is 42.5 Å². The Morgan fingerprint density at radius 3 is 2.45 bits per heavy atom. The van der Waals surface area contributed by atoms with Gasteiger partial charge in [0.1, 0.15) is 6.04 Å². The predicted molar refractivity (Wildman–Crippen MR) is 87.6 cm³/mol. The standard InChI is InChI=1S/C16H20N4O2/c17-14(15(21)22)13(7-8-20-16(18)19)12-6-5-10-3-1-2-4-11(10)9-12/h1-6,9,13-14H,7-8,17H2,(H,21,22)(H4,18,19,20)/t13?,14-/m0/s1. The first kappa shape index (κ1) is 15.8. The summed E-state index contributed by atoms with van der Waals surface area (Å²) in [5, 5.41) is 11.4. The van der Waals surface area contributed by atoms with Gasteiger partial charge >= 0.3 is 5.97 Å². The van der Waals surface area contributed by atoms with Gasteiger partial charge in [-0.1, -0.05) is 42.5 Å². The molecule has 2 aromatic rings. The Morgan fingerprint density at radius 2 is 1.82 bits per heavy atom. The molecule has 0 aromatic heterocycles. The lowest BCUT2D eigenvalue weighted by molar-refractivity contribution is -0.139. The van der Waals surface area contributed by atoms with Crippen molar-refractivity contribution in [1.29, 1.82) is 0 Å². The van der Waals surface area contributed by atoms with Crippen molar-refractivity contribution in [3.63, 3.8) is 0 Å². The lowest BCUT2D eigenvalue weighted by atomic mass is 9.87. The Labute approximate surface area is 128 Å². The third-order valence-corrected chi connectivity index (χ3v) is 3.65. The maximum absolute atomic E-state index is 11.3. The van der Waals surface area contributed by atoms with Crippen molar-refractivity contribution in [2.45, 2.75) is 18.4 Å². The van der Waals surface area contributed by atoms with Gasteiger partial charge in [-0.3, -0.25) is 9.79 Å². The molecule has 0 heterocycles. The summed E-state index contributed by atoms with van der Waals surface area (Å²) in [5.74, 6) is -1.41. The fourth-order valence-electron chi connectivity index (χ4n) is 2.50. The van der Waals surface area contributed by atoms with E-state index in [4.69, 9.17) is 17.2 Å². The van der Waals surface area contributed by atoms with Gasteiger partial charge in [-0.15, -0.1) is 0 Å². The molecule has 116 valence electrons. The van der Waals surface area contributed by atoms with Crippen molar-refractivity contribution in [3.05, 3.63) is 48.0 Å². The number of carboxylic acids is 1. The van der Waals surface area contributed by atoms with E-state index in [1.165, 1.54) is 0 Å². The molecule has 0 saturated heterocycles. The minimum atomic E-state index is -1.04. The lowest BCUT2D eigenvalue weighted by Crippen LogP contribution is -2.37. The minimum absolute atomic E-state index is 0.0128. The Hall–Kier alpha value is -2.60. The van der Waals surface area contributed by atoms with Crippen molar-refractivity contribution >= 4 is 22.7 Å². The summed E-state index contributed by atoms with van der Waals surface area (Å²) >= 11 is 0. The third-order valence-electron chi connectivity index (χ3n) is 3.65. The molecule has 2 rings (SSSR count). The number of fused-ring (bicyclic) bond motifs is 1. The SMILES string of the molecule is NC(N)=NCCC(c1ccc2ccccc2c1)[C@H](N)C(=O)O. The first-order valence-corrected chi connectivity index (χ1v) is 7.01. The molecule has 6 nitrogen and oxygen atoms in total. The van der Waals surface area contributed by atoms with Crippen molar-refractivity contribution in [1.82, 2.24) is 0 Å². The van der Waals surface area contributed by atoms with Gasteiger partial charge in [0.25, 0.3) is 0 Å². The molecule has 0 spiro atoms. The number of guanidine groups is 1. The van der Waals surface area contributed by atoms with Crippen LogP contribution in [0.4, 0.5) is 0 Å². The highest BCUT2D eigenvalue weighted by atomic mass is 16.4. The van der Waals surface area contributed by atoms with Crippen molar-refractivity contribution < 1.29 is 9.90 Å². The number of carbonyl (C=O) groups is 1. The number of hydrogen-bond donors (Lipinski definition) is 4. The van der Waals surface area contributed by atoms with E-state index in [0.717, 1.165) is 16.3 Å². The van der Waals surface area contributed by atoms with Gasteiger partial charge < -0.3 is 22.3 Å². The lowest BCUT2D eigenvalue weighted by Gasteiger charge is -2.21. The summed E-state index contributed by atoms with van der Waals surface area (Å²) in [6.07, 6.45) is 0.462. The van der Waals surface area contributed by atoms with Crippen LogP contribution in [0.15, 0.2) is 47.5 Å². The zero-order valence-electron chi connectivity index (χ0n) is 12.1. The molecular formula is C16H20N4O2. The average molecular weight is 300 g/mol. The van der Waals surface area contributed by atoms with Gasteiger partial charge in [0, 0.05) is 12.5 Å². The van der Waals surface area contributed by atoms with E-state index < -0.39 is 12.0 Å². The van der Waals surface area contributed by atoms with Crippen LogP contribution in [0.1, 0.15) is 17.9 Å². The van der Waals surface area contributed by atoms with Crippen LogP contribution in [0, 0.1) is 0 Å².